The molecule has 0 saturated carbocycles. The Morgan fingerprint density at radius 2 is 1.95 bits per heavy atom. The molecule has 3 rings (SSSR count). The van der Waals surface area contributed by atoms with E-state index in [1.165, 1.54) is 5.56 Å². The lowest BCUT2D eigenvalue weighted by Crippen LogP contribution is -2.46. The molecule has 0 unspecified atom stereocenters. The number of aromatic amines is 1. The molecule has 0 spiro atoms. The van der Waals surface area contributed by atoms with Crippen LogP contribution in [0, 0.1) is 6.92 Å². The summed E-state index contributed by atoms with van der Waals surface area (Å²) in [4.78, 5) is 17.4. The van der Waals surface area contributed by atoms with E-state index in [9.17, 15) is 4.79 Å². The summed E-state index contributed by atoms with van der Waals surface area (Å²) < 4.78 is 0. The van der Waals surface area contributed by atoms with Crippen LogP contribution in [0.25, 0.3) is 10.9 Å². The fraction of sp³-hybridized carbons (Fsp3) is 0.357. The van der Waals surface area contributed by atoms with Crippen molar-refractivity contribution in [3.05, 3.63) is 35.5 Å². The van der Waals surface area contributed by atoms with Gasteiger partial charge >= 0.3 is 0 Å². The predicted molar refractivity (Wildman–Crippen MR) is 79.1 cm³/mol. The molecule has 19 heavy (non-hydrogen) atoms. The number of hydrogen-bond acceptors (Lipinski definition) is 2. The Kier molecular flexibility index (Phi) is 4.12. The first-order valence-corrected chi connectivity index (χ1v) is 6.33. The summed E-state index contributed by atoms with van der Waals surface area (Å²) in [6.45, 7) is 5.38. The van der Waals surface area contributed by atoms with Crippen molar-refractivity contribution in [1.29, 1.82) is 0 Å². The number of nitrogens with one attached hydrogen (secondary N) is 2. The van der Waals surface area contributed by atoms with E-state index in [0.29, 0.717) is 5.69 Å². The van der Waals surface area contributed by atoms with Crippen molar-refractivity contribution in [2.75, 3.05) is 26.2 Å². The maximum Gasteiger partial charge on any atom is 0.270 e. The Bertz CT molecular complexity index is 587. The summed E-state index contributed by atoms with van der Waals surface area (Å²) in [6.07, 6.45) is 0. The van der Waals surface area contributed by atoms with Crippen LogP contribution in [0.5, 0.6) is 0 Å². The maximum atomic E-state index is 12.3. The minimum atomic E-state index is 0. The zero-order valence-corrected chi connectivity index (χ0v) is 11.7. The van der Waals surface area contributed by atoms with E-state index < -0.39 is 0 Å². The Balaban J connectivity index is 0.00000133. The molecular formula is C14H18ClN3O. The molecule has 1 aliphatic heterocycles. The number of rotatable bonds is 1. The number of aryl methyl sites for hydroxylation is 1. The highest BCUT2D eigenvalue weighted by Gasteiger charge is 2.19. The average molecular weight is 280 g/mol. The highest BCUT2D eigenvalue weighted by molar-refractivity contribution is 5.98. The first-order valence-electron chi connectivity index (χ1n) is 6.33. The molecule has 1 aromatic heterocycles. The predicted octanol–water partition coefficient (Wildman–Crippen LogP) is 1.94. The van der Waals surface area contributed by atoms with Crippen LogP contribution in [-0.2, 0) is 0 Å². The van der Waals surface area contributed by atoms with Gasteiger partial charge in [-0.05, 0) is 24.6 Å². The number of carbonyl (C=O) groups excluding carboxylic acids is 1. The number of H-pyrrole nitrogens is 1. The second kappa shape index (κ2) is 5.63. The second-order valence-electron chi connectivity index (χ2n) is 4.82. The van der Waals surface area contributed by atoms with E-state index in [4.69, 9.17) is 0 Å². The third-order valence-electron chi connectivity index (χ3n) is 3.41. The van der Waals surface area contributed by atoms with Crippen molar-refractivity contribution < 1.29 is 4.79 Å². The molecule has 0 aliphatic carbocycles. The highest BCUT2D eigenvalue weighted by Crippen LogP contribution is 2.18. The maximum absolute atomic E-state index is 12.3. The standard InChI is InChI=1S/C14H17N3O.ClH/c1-10-2-3-11-9-13(16-12(11)8-10)14(18)17-6-4-15-5-7-17;/h2-3,8-9,15-16H,4-7H2,1H3;1H. The summed E-state index contributed by atoms with van der Waals surface area (Å²) in [5, 5.41) is 4.35. The van der Waals surface area contributed by atoms with Gasteiger partial charge in [0.1, 0.15) is 5.69 Å². The molecule has 1 aromatic carbocycles. The molecule has 2 N–H and O–H groups in total. The Labute approximate surface area is 118 Å². The molecule has 2 heterocycles. The SMILES string of the molecule is Cc1ccc2cc(C(=O)N3CCNCC3)[nH]c2c1.Cl. The molecule has 5 heteroatoms. The summed E-state index contributed by atoms with van der Waals surface area (Å²) in [6, 6.07) is 8.13. The summed E-state index contributed by atoms with van der Waals surface area (Å²) in [7, 11) is 0. The molecule has 1 aliphatic rings. The lowest BCUT2D eigenvalue weighted by molar-refractivity contribution is 0.0731. The van der Waals surface area contributed by atoms with Gasteiger partial charge in [-0.15, -0.1) is 12.4 Å². The van der Waals surface area contributed by atoms with E-state index in [-0.39, 0.29) is 18.3 Å². The molecule has 1 fully saturated rings. The van der Waals surface area contributed by atoms with E-state index in [2.05, 4.69) is 35.4 Å². The van der Waals surface area contributed by atoms with Gasteiger partial charge < -0.3 is 15.2 Å². The number of benzene rings is 1. The molecule has 0 atom stereocenters. The minimum Gasteiger partial charge on any atom is -0.351 e. The molecule has 1 saturated heterocycles. The normalized spacial score (nSPS) is 15.3. The quantitative estimate of drug-likeness (QED) is 0.838. The lowest BCUT2D eigenvalue weighted by atomic mass is 10.2. The van der Waals surface area contributed by atoms with Gasteiger partial charge in [0.05, 0.1) is 0 Å². The van der Waals surface area contributed by atoms with Crippen molar-refractivity contribution in [2.24, 2.45) is 0 Å². The van der Waals surface area contributed by atoms with Gasteiger partial charge in [0.15, 0.2) is 0 Å². The van der Waals surface area contributed by atoms with Crippen molar-refractivity contribution >= 4 is 29.2 Å². The molecule has 0 radical (unpaired) electrons. The molecule has 102 valence electrons. The van der Waals surface area contributed by atoms with Crippen LogP contribution < -0.4 is 5.32 Å². The van der Waals surface area contributed by atoms with Crippen molar-refractivity contribution in [1.82, 2.24) is 15.2 Å². The van der Waals surface area contributed by atoms with Crippen LogP contribution in [0.3, 0.4) is 0 Å². The van der Waals surface area contributed by atoms with Gasteiger partial charge in [-0.1, -0.05) is 12.1 Å². The number of carbonyl (C=O) groups is 1. The number of halogens is 1. The first-order chi connectivity index (χ1) is 8.74. The van der Waals surface area contributed by atoms with Crippen molar-refractivity contribution in [3.63, 3.8) is 0 Å². The van der Waals surface area contributed by atoms with Crippen LogP contribution in [-0.4, -0.2) is 42.0 Å². The van der Waals surface area contributed by atoms with E-state index in [0.717, 1.165) is 37.1 Å². The number of amides is 1. The van der Waals surface area contributed by atoms with Gasteiger partial charge in [0, 0.05) is 37.1 Å². The number of hydrogen-bond donors (Lipinski definition) is 2. The zero-order chi connectivity index (χ0) is 12.5. The third kappa shape index (κ3) is 2.74. The number of fused-ring (bicyclic) bond motifs is 1. The van der Waals surface area contributed by atoms with Gasteiger partial charge in [0.2, 0.25) is 0 Å². The lowest BCUT2D eigenvalue weighted by Gasteiger charge is -2.26. The zero-order valence-electron chi connectivity index (χ0n) is 10.9. The van der Waals surface area contributed by atoms with Gasteiger partial charge in [0.25, 0.3) is 5.91 Å². The van der Waals surface area contributed by atoms with E-state index in [1.54, 1.807) is 0 Å². The topological polar surface area (TPSA) is 48.1 Å². The Hall–Kier alpha value is -1.52. The molecular weight excluding hydrogens is 262 g/mol. The van der Waals surface area contributed by atoms with Crippen LogP contribution in [0.15, 0.2) is 24.3 Å². The monoisotopic (exact) mass is 279 g/mol. The van der Waals surface area contributed by atoms with Crippen molar-refractivity contribution in [2.45, 2.75) is 6.92 Å². The summed E-state index contributed by atoms with van der Waals surface area (Å²) >= 11 is 0. The highest BCUT2D eigenvalue weighted by atomic mass is 35.5. The molecule has 2 aromatic rings. The molecule has 0 bridgehead atoms. The van der Waals surface area contributed by atoms with E-state index in [1.807, 2.05) is 11.0 Å². The molecule has 4 nitrogen and oxygen atoms in total. The smallest absolute Gasteiger partial charge is 0.270 e. The van der Waals surface area contributed by atoms with Crippen molar-refractivity contribution in [3.8, 4) is 0 Å². The molecule has 1 amide bonds. The fourth-order valence-corrected chi connectivity index (χ4v) is 2.39. The summed E-state index contributed by atoms with van der Waals surface area (Å²) in [5.74, 6) is 0.102. The average Bonchev–Trinajstić information content (AvgIpc) is 2.81. The Morgan fingerprint density at radius 3 is 2.68 bits per heavy atom. The summed E-state index contributed by atoms with van der Waals surface area (Å²) in [5.41, 5.74) is 2.93. The fourth-order valence-electron chi connectivity index (χ4n) is 2.39. The minimum absolute atomic E-state index is 0. The van der Waals surface area contributed by atoms with Crippen LogP contribution in [0.4, 0.5) is 0 Å². The second-order valence-corrected chi connectivity index (χ2v) is 4.82. The van der Waals surface area contributed by atoms with E-state index >= 15 is 0 Å². The number of piperazine rings is 1. The first kappa shape index (κ1) is 13.9. The van der Waals surface area contributed by atoms with Gasteiger partial charge in [-0.3, -0.25) is 4.79 Å². The largest absolute Gasteiger partial charge is 0.351 e. The van der Waals surface area contributed by atoms with Gasteiger partial charge in [-0.25, -0.2) is 0 Å². The number of nitrogens with zero attached hydrogens (tertiary/aromatic N) is 1. The van der Waals surface area contributed by atoms with Crippen LogP contribution in [0.1, 0.15) is 16.1 Å². The third-order valence-corrected chi connectivity index (χ3v) is 3.41. The van der Waals surface area contributed by atoms with Crippen LogP contribution >= 0.6 is 12.4 Å². The van der Waals surface area contributed by atoms with Crippen LogP contribution in [0.2, 0.25) is 0 Å². The Morgan fingerprint density at radius 1 is 1.21 bits per heavy atom. The van der Waals surface area contributed by atoms with Gasteiger partial charge in [-0.2, -0.15) is 0 Å². The number of aromatic nitrogens is 1.